The molecule has 3 aromatic rings. The number of methoxy groups -OCH3 is 1. The van der Waals surface area contributed by atoms with Crippen molar-refractivity contribution in [3.05, 3.63) is 60.0 Å². The highest BCUT2D eigenvalue weighted by Crippen LogP contribution is 2.29. The van der Waals surface area contributed by atoms with Crippen LogP contribution in [0.1, 0.15) is 55.0 Å². The van der Waals surface area contributed by atoms with Crippen molar-refractivity contribution in [2.24, 2.45) is 0 Å². The van der Waals surface area contributed by atoms with E-state index in [1.807, 2.05) is 30.3 Å². The molecule has 4 rings (SSSR count). The average Bonchev–Trinajstić information content (AvgIpc) is 3.19. The van der Waals surface area contributed by atoms with Crippen LogP contribution in [0.5, 0.6) is 5.75 Å². The minimum atomic E-state index is -3.75. The molecule has 1 aromatic heterocycles. The van der Waals surface area contributed by atoms with Crippen molar-refractivity contribution in [1.82, 2.24) is 14.5 Å². The van der Waals surface area contributed by atoms with Crippen LogP contribution in [-0.4, -0.2) is 49.1 Å². The molecule has 0 radical (unpaired) electrons. The number of sulfonamides is 1. The van der Waals surface area contributed by atoms with E-state index in [0.29, 0.717) is 19.0 Å². The summed E-state index contributed by atoms with van der Waals surface area (Å²) in [6.45, 7) is 2.53. The summed E-state index contributed by atoms with van der Waals surface area (Å²) in [6, 6.07) is 13.4. The molecule has 0 saturated carbocycles. The molecule has 1 aliphatic heterocycles. The second-order valence-corrected chi connectivity index (χ2v) is 9.98. The summed E-state index contributed by atoms with van der Waals surface area (Å²) in [7, 11) is -2.34. The van der Waals surface area contributed by atoms with Crippen molar-refractivity contribution in [1.29, 1.82) is 0 Å². The van der Waals surface area contributed by atoms with Gasteiger partial charge in [0.05, 0.1) is 12.0 Å². The third kappa shape index (κ3) is 5.13. The predicted molar refractivity (Wildman–Crippen MR) is 124 cm³/mol. The Morgan fingerprint density at radius 1 is 1.03 bits per heavy atom. The molecule has 34 heavy (non-hydrogen) atoms. The number of carbonyl (C=O) groups is 1. The van der Waals surface area contributed by atoms with Gasteiger partial charge in [0.1, 0.15) is 11.3 Å². The molecule has 0 amide bonds. The zero-order valence-corrected chi connectivity index (χ0v) is 20.0. The molecule has 1 fully saturated rings. The van der Waals surface area contributed by atoms with E-state index in [4.69, 9.17) is 13.9 Å². The van der Waals surface area contributed by atoms with Gasteiger partial charge in [-0.1, -0.05) is 31.0 Å². The Labute approximate surface area is 198 Å². The molecule has 2 aromatic carbocycles. The lowest BCUT2D eigenvalue weighted by Crippen LogP contribution is -2.32. The Morgan fingerprint density at radius 3 is 2.41 bits per heavy atom. The number of esters is 1. The van der Waals surface area contributed by atoms with Gasteiger partial charge in [0.25, 0.3) is 5.89 Å². The SMILES string of the molecule is COc1ccc(S(=O)(=O)N2CCCCCC2)cc1C(=O)OC(C)c1nnc(-c2ccccc2)o1. The molecule has 1 unspecified atom stereocenters. The van der Waals surface area contributed by atoms with Crippen molar-refractivity contribution in [3.8, 4) is 17.2 Å². The van der Waals surface area contributed by atoms with E-state index in [2.05, 4.69) is 10.2 Å². The van der Waals surface area contributed by atoms with Crippen molar-refractivity contribution >= 4 is 16.0 Å². The predicted octanol–water partition coefficient (Wildman–Crippen LogP) is 4.23. The van der Waals surface area contributed by atoms with Crippen LogP contribution in [0.3, 0.4) is 0 Å². The summed E-state index contributed by atoms with van der Waals surface area (Å²) < 4.78 is 44.3. The Kier molecular flexibility index (Phi) is 7.28. The second-order valence-electron chi connectivity index (χ2n) is 8.04. The van der Waals surface area contributed by atoms with E-state index in [9.17, 15) is 13.2 Å². The number of rotatable bonds is 7. The smallest absolute Gasteiger partial charge is 0.342 e. The van der Waals surface area contributed by atoms with Crippen LogP contribution in [0, 0.1) is 0 Å². The van der Waals surface area contributed by atoms with Crippen LogP contribution in [-0.2, 0) is 14.8 Å². The molecule has 0 aliphatic carbocycles. The molecular weight excluding hydrogens is 458 g/mol. The highest BCUT2D eigenvalue weighted by molar-refractivity contribution is 7.89. The number of hydrogen-bond donors (Lipinski definition) is 0. The summed E-state index contributed by atoms with van der Waals surface area (Å²) in [6.07, 6.45) is 2.79. The van der Waals surface area contributed by atoms with E-state index in [1.165, 1.54) is 29.6 Å². The molecule has 1 saturated heterocycles. The lowest BCUT2D eigenvalue weighted by Gasteiger charge is -2.20. The molecule has 180 valence electrons. The van der Waals surface area contributed by atoms with Gasteiger partial charge in [-0.05, 0) is 50.1 Å². The van der Waals surface area contributed by atoms with Gasteiger partial charge in [-0.15, -0.1) is 10.2 Å². The summed E-state index contributed by atoms with van der Waals surface area (Å²) in [4.78, 5) is 13.0. The van der Waals surface area contributed by atoms with E-state index >= 15 is 0 Å². The number of hydrogen-bond acceptors (Lipinski definition) is 8. The minimum absolute atomic E-state index is 0.00745. The molecule has 0 spiro atoms. The minimum Gasteiger partial charge on any atom is -0.496 e. The van der Waals surface area contributed by atoms with Gasteiger partial charge < -0.3 is 13.9 Å². The normalized spacial score (nSPS) is 15.9. The molecule has 2 heterocycles. The van der Waals surface area contributed by atoms with Gasteiger partial charge in [0.2, 0.25) is 15.9 Å². The van der Waals surface area contributed by atoms with Crippen LogP contribution in [0.15, 0.2) is 57.8 Å². The van der Waals surface area contributed by atoms with Crippen molar-refractivity contribution in [3.63, 3.8) is 0 Å². The van der Waals surface area contributed by atoms with Gasteiger partial charge in [0, 0.05) is 18.7 Å². The largest absolute Gasteiger partial charge is 0.496 e. The Morgan fingerprint density at radius 2 is 1.74 bits per heavy atom. The standard InChI is InChI=1S/C24H27N3O6S/c1-17(22-25-26-23(33-22)18-10-6-5-7-11-18)32-24(28)20-16-19(12-13-21(20)31-2)34(29,30)27-14-8-3-4-9-15-27/h5-7,10-13,16-17H,3-4,8-9,14-15H2,1-2H3. The molecule has 0 N–H and O–H groups in total. The quantitative estimate of drug-likeness (QED) is 0.457. The zero-order valence-electron chi connectivity index (χ0n) is 19.1. The summed E-state index contributed by atoms with van der Waals surface area (Å²) in [5, 5.41) is 7.99. The fourth-order valence-corrected chi connectivity index (χ4v) is 5.35. The van der Waals surface area contributed by atoms with Crippen LogP contribution in [0.2, 0.25) is 0 Å². The molecule has 1 aliphatic rings. The number of ether oxygens (including phenoxy) is 2. The van der Waals surface area contributed by atoms with Gasteiger partial charge in [-0.2, -0.15) is 4.31 Å². The summed E-state index contributed by atoms with van der Waals surface area (Å²) >= 11 is 0. The highest BCUT2D eigenvalue weighted by atomic mass is 32.2. The summed E-state index contributed by atoms with van der Waals surface area (Å²) in [5.41, 5.74) is 0.751. The van der Waals surface area contributed by atoms with E-state index in [0.717, 1.165) is 31.2 Å². The monoisotopic (exact) mass is 485 g/mol. The fourth-order valence-electron chi connectivity index (χ4n) is 3.81. The maximum Gasteiger partial charge on any atom is 0.342 e. The number of benzene rings is 2. The first-order valence-corrected chi connectivity index (χ1v) is 12.6. The van der Waals surface area contributed by atoms with Crippen molar-refractivity contribution in [2.45, 2.75) is 43.6 Å². The number of carbonyl (C=O) groups excluding carboxylic acids is 1. The first-order chi connectivity index (χ1) is 16.4. The maximum atomic E-state index is 13.2. The fraction of sp³-hybridized carbons (Fsp3) is 0.375. The van der Waals surface area contributed by atoms with Gasteiger partial charge >= 0.3 is 5.97 Å². The zero-order chi connectivity index (χ0) is 24.1. The Hall–Kier alpha value is -3.24. The lowest BCUT2D eigenvalue weighted by molar-refractivity contribution is 0.0276. The first-order valence-electron chi connectivity index (χ1n) is 11.2. The summed E-state index contributed by atoms with van der Waals surface area (Å²) in [5.74, 6) is -0.111. The Balaban J connectivity index is 1.55. The van der Waals surface area contributed by atoms with E-state index in [1.54, 1.807) is 6.92 Å². The lowest BCUT2D eigenvalue weighted by atomic mass is 10.2. The van der Waals surface area contributed by atoms with Gasteiger partial charge in [-0.3, -0.25) is 0 Å². The van der Waals surface area contributed by atoms with Crippen LogP contribution in [0.25, 0.3) is 11.5 Å². The number of nitrogens with zero attached hydrogens (tertiary/aromatic N) is 3. The molecule has 10 heteroatoms. The second kappa shape index (κ2) is 10.4. The highest BCUT2D eigenvalue weighted by Gasteiger charge is 2.28. The topological polar surface area (TPSA) is 112 Å². The average molecular weight is 486 g/mol. The first kappa shape index (κ1) is 23.9. The van der Waals surface area contributed by atoms with Crippen molar-refractivity contribution in [2.75, 3.05) is 20.2 Å². The van der Waals surface area contributed by atoms with Crippen LogP contribution >= 0.6 is 0 Å². The Bertz CT molecular complexity index is 1230. The third-order valence-electron chi connectivity index (χ3n) is 5.69. The van der Waals surface area contributed by atoms with Gasteiger partial charge in [0.15, 0.2) is 6.10 Å². The third-order valence-corrected chi connectivity index (χ3v) is 7.58. The molecule has 1 atom stereocenters. The maximum absolute atomic E-state index is 13.2. The van der Waals surface area contributed by atoms with Crippen molar-refractivity contribution < 1.29 is 27.1 Å². The molecule has 9 nitrogen and oxygen atoms in total. The van der Waals surface area contributed by atoms with E-state index in [-0.39, 0.29) is 22.1 Å². The van der Waals surface area contributed by atoms with Crippen LogP contribution in [0.4, 0.5) is 0 Å². The molecular formula is C24H27N3O6S. The number of aromatic nitrogens is 2. The van der Waals surface area contributed by atoms with Crippen LogP contribution < -0.4 is 4.74 Å². The molecule has 0 bridgehead atoms. The van der Waals surface area contributed by atoms with Gasteiger partial charge in [-0.25, -0.2) is 13.2 Å². The van der Waals surface area contributed by atoms with E-state index < -0.39 is 22.1 Å².